The SMILES string of the molecule is CO[C@@H](CNC(=O)CCc1ccccn1)C(C)C. The molecule has 0 aromatic carbocycles. The third-order valence-corrected chi connectivity index (χ3v) is 2.88. The molecule has 18 heavy (non-hydrogen) atoms. The molecule has 1 N–H and O–H groups in total. The Hall–Kier alpha value is -1.42. The highest BCUT2D eigenvalue weighted by Crippen LogP contribution is 2.04. The lowest BCUT2D eigenvalue weighted by atomic mass is 10.1. The fourth-order valence-electron chi connectivity index (χ4n) is 1.68. The van der Waals surface area contributed by atoms with Gasteiger partial charge in [-0.3, -0.25) is 9.78 Å². The maximum absolute atomic E-state index is 11.7. The Kier molecular flexibility index (Phi) is 6.36. The van der Waals surface area contributed by atoms with Gasteiger partial charge in [-0.05, 0) is 24.5 Å². The maximum Gasteiger partial charge on any atom is 0.220 e. The molecule has 0 unspecified atom stereocenters. The number of pyridine rings is 1. The monoisotopic (exact) mass is 250 g/mol. The van der Waals surface area contributed by atoms with Crippen LogP contribution in [0.25, 0.3) is 0 Å². The van der Waals surface area contributed by atoms with E-state index in [9.17, 15) is 4.79 Å². The molecule has 0 spiro atoms. The molecule has 1 rings (SSSR count). The van der Waals surface area contributed by atoms with Gasteiger partial charge in [0.25, 0.3) is 0 Å². The van der Waals surface area contributed by atoms with Crippen molar-refractivity contribution in [1.29, 1.82) is 0 Å². The van der Waals surface area contributed by atoms with Crippen LogP contribution in [0.4, 0.5) is 0 Å². The number of rotatable bonds is 7. The first-order chi connectivity index (χ1) is 8.63. The molecule has 0 saturated heterocycles. The lowest BCUT2D eigenvalue weighted by molar-refractivity contribution is -0.121. The van der Waals surface area contributed by atoms with Crippen LogP contribution in [0, 0.1) is 5.92 Å². The molecule has 0 aliphatic carbocycles. The Bertz CT molecular complexity index is 352. The smallest absolute Gasteiger partial charge is 0.220 e. The molecule has 100 valence electrons. The van der Waals surface area contributed by atoms with Gasteiger partial charge in [0.2, 0.25) is 5.91 Å². The normalized spacial score (nSPS) is 12.4. The summed E-state index contributed by atoms with van der Waals surface area (Å²) in [4.78, 5) is 15.9. The van der Waals surface area contributed by atoms with Crippen molar-refractivity contribution >= 4 is 5.91 Å². The second-order valence-electron chi connectivity index (χ2n) is 4.64. The van der Waals surface area contributed by atoms with E-state index >= 15 is 0 Å². The lowest BCUT2D eigenvalue weighted by Gasteiger charge is -2.19. The highest BCUT2D eigenvalue weighted by atomic mass is 16.5. The van der Waals surface area contributed by atoms with Crippen molar-refractivity contribution in [3.8, 4) is 0 Å². The van der Waals surface area contributed by atoms with Gasteiger partial charge in [-0.15, -0.1) is 0 Å². The summed E-state index contributed by atoms with van der Waals surface area (Å²) >= 11 is 0. The summed E-state index contributed by atoms with van der Waals surface area (Å²) in [7, 11) is 1.67. The third kappa shape index (κ3) is 5.27. The molecule has 0 fully saturated rings. The molecule has 0 aliphatic rings. The summed E-state index contributed by atoms with van der Waals surface area (Å²) in [5.74, 6) is 0.439. The molecule has 0 radical (unpaired) electrons. The Balaban J connectivity index is 2.26. The minimum Gasteiger partial charge on any atom is -0.379 e. The average molecular weight is 250 g/mol. The summed E-state index contributed by atoms with van der Waals surface area (Å²) in [5, 5.41) is 2.89. The van der Waals surface area contributed by atoms with Crippen LogP contribution in [0.5, 0.6) is 0 Å². The number of nitrogens with one attached hydrogen (secondary N) is 1. The van der Waals surface area contributed by atoms with Crippen molar-refractivity contribution in [3.63, 3.8) is 0 Å². The molecule has 4 heteroatoms. The third-order valence-electron chi connectivity index (χ3n) is 2.88. The Labute approximate surface area is 109 Å². The first-order valence-electron chi connectivity index (χ1n) is 6.33. The van der Waals surface area contributed by atoms with Crippen LogP contribution in [0.15, 0.2) is 24.4 Å². The summed E-state index contributed by atoms with van der Waals surface area (Å²) in [6.45, 7) is 4.72. The number of methoxy groups -OCH3 is 1. The van der Waals surface area contributed by atoms with Gasteiger partial charge in [-0.1, -0.05) is 19.9 Å². The van der Waals surface area contributed by atoms with E-state index in [0.717, 1.165) is 5.69 Å². The van der Waals surface area contributed by atoms with Gasteiger partial charge in [-0.2, -0.15) is 0 Å². The highest BCUT2D eigenvalue weighted by Gasteiger charge is 2.13. The van der Waals surface area contributed by atoms with Gasteiger partial charge in [0.15, 0.2) is 0 Å². The maximum atomic E-state index is 11.7. The van der Waals surface area contributed by atoms with Crippen LogP contribution in [0.1, 0.15) is 26.0 Å². The molecular formula is C14H22N2O2. The van der Waals surface area contributed by atoms with Gasteiger partial charge in [0, 0.05) is 32.0 Å². The Morgan fingerprint density at radius 3 is 2.78 bits per heavy atom. The predicted molar refractivity (Wildman–Crippen MR) is 71.2 cm³/mol. The lowest BCUT2D eigenvalue weighted by Crippen LogP contribution is -2.36. The van der Waals surface area contributed by atoms with Crippen LogP contribution in [0.2, 0.25) is 0 Å². The van der Waals surface area contributed by atoms with Gasteiger partial charge in [0.05, 0.1) is 6.10 Å². The number of carbonyl (C=O) groups excluding carboxylic acids is 1. The van der Waals surface area contributed by atoms with Crippen LogP contribution in [-0.4, -0.2) is 30.6 Å². The molecule has 0 saturated carbocycles. The molecule has 1 aromatic heterocycles. The van der Waals surface area contributed by atoms with Crippen LogP contribution in [-0.2, 0) is 16.0 Å². The zero-order valence-electron chi connectivity index (χ0n) is 11.3. The number of amides is 1. The highest BCUT2D eigenvalue weighted by molar-refractivity contribution is 5.76. The fraction of sp³-hybridized carbons (Fsp3) is 0.571. The summed E-state index contributed by atoms with van der Waals surface area (Å²) < 4.78 is 5.30. The van der Waals surface area contributed by atoms with E-state index in [2.05, 4.69) is 24.1 Å². The Morgan fingerprint density at radius 2 is 2.22 bits per heavy atom. The molecule has 1 heterocycles. The van der Waals surface area contributed by atoms with E-state index in [1.165, 1.54) is 0 Å². The van der Waals surface area contributed by atoms with Crippen molar-refractivity contribution in [3.05, 3.63) is 30.1 Å². The average Bonchev–Trinajstić information content (AvgIpc) is 2.38. The van der Waals surface area contributed by atoms with E-state index in [0.29, 0.717) is 25.3 Å². The van der Waals surface area contributed by atoms with Crippen molar-refractivity contribution < 1.29 is 9.53 Å². The van der Waals surface area contributed by atoms with Crippen molar-refractivity contribution in [2.45, 2.75) is 32.8 Å². The van der Waals surface area contributed by atoms with Crippen molar-refractivity contribution in [2.24, 2.45) is 5.92 Å². The fourth-order valence-corrected chi connectivity index (χ4v) is 1.68. The van der Waals surface area contributed by atoms with E-state index in [-0.39, 0.29) is 12.0 Å². The zero-order chi connectivity index (χ0) is 13.4. The largest absolute Gasteiger partial charge is 0.379 e. The predicted octanol–water partition coefficient (Wildman–Crippen LogP) is 1.80. The first kappa shape index (κ1) is 14.6. The quantitative estimate of drug-likeness (QED) is 0.803. The van der Waals surface area contributed by atoms with Crippen LogP contribution >= 0.6 is 0 Å². The minimum absolute atomic E-state index is 0.0448. The van der Waals surface area contributed by atoms with E-state index in [1.807, 2.05) is 18.2 Å². The second-order valence-corrected chi connectivity index (χ2v) is 4.64. The molecule has 0 bridgehead atoms. The molecule has 4 nitrogen and oxygen atoms in total. The second kappa shape index (κ2) is 7.82. The van der Waals surface area contributed by atoms with Crippen molar-refractivity contribution in [2.75, 3.05) is 13.7 Å². The number of ether oxygens (including phenoxy) is 1. The first-order valence-corrected chi connectivity index (χ1v) is 6.33. The Morgan fingerprint density at radius 1 is 1.44 bits per heavy atom. The number of carbonyl (C=O) groups is 1. The molecule has 1 amide bonds. The van der Waals surface area contributed by atoms with E-state index in [4.69, 9.17) is 4.74 Å². The minimum atomic E-state index is 0.0448. The van der Waals surface area contributed by atoms with E-state index < -0.39 is 0 Å². The van der Waals surface area contributed by atoms with Crippen LogP contribution in [0.3, 0.4) is 0 Å². The zero-order valence-corrected chi connectivity index (χ0v) is 11.3. The van der Waals surface area contributed by atoms with Crippen LogP contribution < -0.4 is 5.32 Å². The summed E-state index contributed by atoms with van der Waals surface area (Å²) in [6.07, 6.45) is 2.95. The summed E-state index contributed by atoms with van der Waals surface area (Å²) in [5.41, 5.74) is 0.944. The van der Waals surface area contributed by atoms with E-state index in [1.54, 1.807) is 13.3 Å². The number of aromatic nitrogens is 1. The van der Waals surface area contributed by atoms with Gasteiger partial charge in [0.1, 0.15) is 0 Å². The number of hydrogen-bond donors (Lipinski definition) is 1. The van der Waals surface area contributed by atoms with Gasteiger partial charge >= 0.3 is 0 Å². The molecule has 1 atom stereocenters. The van der Waals surface area contributed by atoms with Gasteiger partial charge < -0.3 is 10.1 Å². The van der Waals surface area contributed by atoms with Gasteiger partial charge in [-0.25, -0.2) is 0 Å². The number of hydrogen-bond acceptors (Lipinski definition) is 3. The summed E-state index contributed by atoms with van der Waals surface area (Å²) in [6, 6.07) is 5.73. The molecule has 1 aromatic rings. The number of aryl methyl sites for hydroxylation is 1. The standard InChI is InChI=1S/C14H22N2O2/c1-11(2)13(18-3)10-16-14(17)8-7-12-6-4-5-9-15-12/h4-6,9,11,13H,7-8,10H2,1-3H3,(H,16,17)/t13-/m0/s1. The topological polar surface area (TPSA) is 51.2 Å². The van der Waals surface area contributed by atoms with Crippen molar-refractivity contribution in [1.82, 2.24) is 10.3 Å². The molecular weight excluding hydrogens is 228 g/mol. The molecule has 0 aliphatic heterocycles. The number of nitrogens with zero attached hydrogens (tertiary/aromatic N) is 1.